The van der Waals surface area contributed by atoms with E-state index in [1.165, 1.54) is 5.56 Å². The first-order valence-electron chi connectivity index (χ1n) is 8.76. The second-order valence-electron chi connectivity index (χ2n) is 6.89. The first-order chi connectivity index (χ1) is 11.7. The summed E-state index contributed by atoms with van der Waals surface area (Å²) in [5, 5.41) is 4.40. The van der Waals surface area contributed by atoms with Gasteiger partial charge in [-0.25, -0.2) is 0 Å². The zero-order chi connectivity index (χ0) is 16.5. The lowest BCUT2D eigenvalue weighted by atomic mass is 9.96. The quantitative estimate of drug-likeness (QED) is 0.795. The lowest BCUT2D eigenvalue weighted by molar-refractivity contribution is -0.136. The average molecular weight is 388 g/mol. The molecule has 126 valence electrons. The molecule has 2 saturated heterocycles. The number of hydrogen-bond acceptors (Lipinski definition) is 2. The highest BCUT2D eigenvalue weighted by molar-refractivity contribution is 9.10. The molecule has 2 aliphatic rings. The minimum Gasteiger partial charge on any atom is -0.337 e. The lowest BCUT2D eigenvalue weighted by Gasteiger charge is -2.39. The Balaban J connectivity index is 1.40. The fourth-order valence-electron chi connectivity index (χ4n) is 4.34. The molecule has 1 aromatic heterocycles. The van der Waals surface area contributed by atoms with Gasteiger partial charge < -0.3 is 4.90 Å². The summed E-state index contributed by atoms with van der Waals surface area (Å²) in [6.07, 6.45) is 9.66. The van der Waals surface area contributed by atoms with Gasteiger partial charge >= 0.3 is 0 Å². The van der Waals surface area contributed by atoms with E-state index in [1.807, 2.05) is 30.5 Å². The maximum absolute atomic E-state index is 12.8. The van der Waals surface area contributed by atoms with Crippen molar-refractivity contribution in [3.05, 3.63) is 52.8 Å². The summed E-state index contributed by atoms with van der Waals surface area (Å²) in [6.45, 7) is 0. The summed E-state index contributed by atoms with van der Waals surface area (Å²) < 4.78 is 3.17. The third-order valence-corrected chi connectivity index (χ3v) is 6.23. The number of amides is 1. The number of hydrogen-bond donors (Lipinski definition) is 0. The van der Waals surface area contributed by atoms with E-state index < -0.39 is 0 Å². The van der Waals surface area contributed by atoms with Gasteiger partial charge in [0.25, 0.3) is 0 Å². The highest BCUT2D eigenvalue weighted by Gasteiger charge is 2.43. The van der Waals surface area contributed by atoms with Gasteiger partial charge in [0.15, 0.2) is 0 Å². The van der Waals surface area contributed by atoms with Crippen LogP contribution in [-0.2, 0) is 11.2 Å². The molecule has 0 spiro atoms. The zero-order valence-corrected chi connectivity index (χ0v) is 15.2. The van der Waals surface area contributed by atoms with E-state index in [9.17, 15) is 4.79 Å². The van der Waals surface area contributed by atoms with Crippen LogP contribution in [0.2, 0.25) is 0 Å². The molecule has 4 nitrogen and oxygen atoms in total. The molecule has 1 aromatic carbocycles. The van der Waals surface area contributed by atoms with Crippen molar-refractivity contribution in [3.8, 4) is 0 Å². The van der Waals surface area contributed by atoms with E-state index in [4.69, 9.17) is 0 Å². The topological polar surface area (TPSA) is 38.1 Å². The summed E-state index contributed by atoms with van der Waals surface area (Å²) in [5.74, 6) is 0.317. The molecule has 2 aromatic rings. The molecule has 0 aliphatic carbocycles. The highest BCUT2D eigenvalue weighted by atomic mass is 79.9. The van der Waals surface area contributed by atoms with Crippen LogP contribution < -0.4 is 0 Å². The molecule has 2 aliphatic heterocycles. The van der Waals surface area contributed by atoms with Gasteiger partial charge in [0.2, 0.25) is 5.91 Å². The Kier molecular flexibility index (Phi) is 4.44. The van der Waals surface area contributed by atoms with Crippen molar-refractivity contribution >= 4 is 21.8 Å². The Hall–Kier alpha value is -1.62. The molecule has 3 heterocycles. The fraction of sp³-hybridized carbons (Fsp3) is 0.474. The lowest BCUT2D eigenvalue weighted by Crippen LogP contribution is -2.47. The monoisotopic (exact) mass is 387 g/mol. The Labute approximate surface area is 151 Å². The van der Waals surface area contributed by atoms with Gasteiger partial charge in [-0.05, 0) is 49.8 Å². The van der Waals surface area contributed by atoms with Crippen molar-refractivity contribution in [2.75, 3.05) is 0 Å². The van der Waals surface area contributed by atoms with E-state index in [1.54, 1.807) is 0 Å². The SMILES string of the molecule is O=C(CCc1ccccc1Br)N1C2CCC1CC(n1cccn1)C2. The van der Waals surface area contributed by atoms with Crippen molar-refractivity contribution in [2.45, 2.75) is 56.7 Å². The normalized spacial score (nSPS) is 25.9. The van der Waals surface area contributed by atoms with Crippen molar-refractivity contribution in [3.63, 3.8) is 0 Å². The Morgan fingerprint density at radius 3 is 2.54 bits per heavy atom. The van der Waals surface area contributed by atoms with Gasteiger partial charge in [0.1, 0.15) is 0 Å². The smallest absolute Gasteiger partial charge is 0.223 e. The van der Waals surface area contributed by atoms with Crippen molar-refractivity contribution in [2.24, 2.45) is 0 Å². The minimum atomic E-state index is 0.317. The van der Waals surface area contributed by atoms with Crippen LogP contribution in [-0.4, -0.2) is 32.7 Å². The maximum atomic E-state index is 12.8. The number of carbonyl (C=O) groups excluding carboxylic acids is 1. The molecule has 2 fully saturated rings. The second kappa shape index (κ2) is 6.71. The molecular formula is C19H22BrN3O. The number of halogens is 1. The number of aromatic nitrogens is 2. The zero-order valence-electron chi connectivity index (χ0n) is 13.6. The Morgan fingerprint density at radius 1 is 1.12 bits per heavy atom. The van der Waals surface area contributed by atoms with Gasteiger partial charge in [0, 0.05) is 35.4 Å². The molecule has 2 bridgehead atoms. The maximum Gasteiger partial charge on any atom is 0.223 e. The third-order valence-electron chi connectivity index (χ3n) is 5.46. The number of aryl methyl sites for hydroxylation is 1. The van der Waals surface area contributed by atoms with Gasteiger partial charge in [-0.3, -0.25) is 9.48 Å². The Bertz CT molecular complexity index is 701. The molecule has 5 heteroatoms. The molecule has 24 heavy (non-hydrogen) atoms. The molecular weight excluding hydrogens is 366 g/mol. The molecule has 0 saturated carbocycles. The second-order valence-corrected chi connectivity index (χ2v) is 7.74. The largest absolute Gasteiger partial charge is 0.337 e. The molecule has 1 amide bonds. The number of piperidine rings is 1. The number of nitrogens with zero attached hydrogens (tertiary/aromatic N) is 3. The number of carbonyl (C=O) groups is 1. The summed E-state index contributed by atoms with van der Waals surface area (Å²) in [6, 6.07) is 11.4. The third kappa shape index (κ3) is 3.02. The molecule has 4 rings (SSSR count). The van der Waals surface area contributed by atoms with Gasteiger partial charge in [-0.2, -0.15) is 5.10 Å². The van der Waals surface area contributed by atoms with Crippen LogP contribution in [0.4, 0.5) is 0 Å². The van der Waals surface area contributed by atoms with Crippen molar-refractivity contribution in [1.29, 1.82) is 0 Å². The first kappa shape index (κ1) is 15.9. The van der Waals surface area contributed by atoms with E-state index in [2.05, 4.69) is 42.9 Å². The summed E-state index contributed by atoms with van der Waals surface area (Å²) in [5.41, 5.74) is 1.21. The molecule has 2 atom stereocenters. The van der Waals surface area contributed by atoms with Crippen LogP contribution in [0.25, 0.3) is 0 Å². The van der Waals surface area contributed by atoms with E-state index >= 15 is 0 Å². The van der Waals surface area contributed by atoms with Crippen LogP contribution >= 0.6 is 15.9 Å². The van der Waals surface area contributed by atoms with Crippen LogP contribution in [0.5, 0.6) is 0 Å². The van der Waals surface area contributed by atoms with Crippen LogP contribution in [0.15, 0.2) is 47.2 Å². The summed E-state index contributed by atoms with van der Waals surface area (Å²) in [7, 11) is 0. The average Bonchev–Trinajstić information content (AvgIpc) is 3.21. The van der Waals surface area contributed by atoms with Crippen LogP contribution in [0.3, 0.4) is 0 Å². The number of benzene rings is 1. The fourth-order valence-corrected chi connectivity index (χ4v) is 4.82. The molecule has 0 N–H and O–H groups in total. The van der Waals surface area contributed by atoms with Gasteiger partial charge in [-0.1, -0.05) is 34.1 Å². The number of fused-ring (bicyclic) bond motifs is 2. The predicted molar refractivity (Wildman–Crippen MR) is 96.6 cm³/mol. The van der Waals surface area contributed by atoms with Gasteiger partial charge in [-0.15, -0.1) is 0 Å². The summed E-state index contributed by atoms with van der Waals surface area (Å²) in [4.78, 5) is 15.0. The molecule has 2 unspecified atom stereocenters. The highest BCUT2D eigenvalue weighted by Crippen LogP contribution is 2.41. The van der Waals surface area contributed by atoms with Crippen LogP contribution in [0, 0.1) is 0 Å². The Morgan fingerprint density at radius 2 is 1.88 bits per heavy atom. The minimum absolute atomic E-state index is 0.317. The predicted octanol–water partition coefficient (Wildman–Crippen LogP) is 3.97. The summed E-state index contributed by atoms with van der Waals surface area (Å²) >= 11 is 3.57. The van der Waals surface area contributed by atoms with Crippen LogP contribution in [0.1, 0.15) is 43.7 Å². The van der Waals surface area contributed by atoms with Crippen molar-refractivity contribution in [1.82, 2.24) is 14.7 Å². The van der Waals surface area contributed by atoms with E-state index in [-0.39, 0.29) is 0 Å². The van der Waals surface area contributed by atoms with E-state index in [0.29, 0.717) is 30.5 Å². The molecule has 0 radical (unpaired) electrons. The van der Waals surface area contributed by atoms with E-state index in [0.717, 1.165) is 36.6 Å². The standard InChI is InChI=1S/C19H22BrN3O/c20-18-5-2-1-4-14(18)6-9-19(24)23-15-7-8-16(23)13-17(12-15)22-11-3-10-21-22/h1-5,10-11,15-17H,6-9,12-13H2. The first-order valence-corrected chi connectivity index (χ1v) is 9.55. The van der Waals surface area contributed by atoms with Crippen molar-refractivity contribution < 1.29 is 4.79 Å². The number of rotatable bonds is 4. The van der Waals surface area contributed by atoms with Gasteiger partial charge in [0.05, 0.1) is 6.04 Å².